The average molecular weight is 445 g/mol. The number of aromatic nitrogens is 3. The van der Waals surface area contributed by atoms with Gasteiger partial charge in [-0.25, -0.2) is 23.4 Å². The van der Waals surface area contributed by atoms with Gasteiger partial charge in [-0.05, 0) is 36.7 Å². The van der Waals surface area contributed by atoms with Crippen molar-refractivity contribution in [3.8, 4) is 0 Å². The number of hydrogen-bond donors (Lipinski definition) is 3. The van der Waals surface area contributed by atoms with E-state index in [1.165, 1.54) is 0 Å². The van der Waals surface area contributed by atoms with Gasteiger partial charge in [0.05, 0.1) is 17.5 Å². The van der Waals surface area contributed by atoms with Crippen LogP contribution in [0.1, 0.15) is 12.2 Å². The van der Waals surface area contributed by atoms with Crippen molar-refractivity contribution in [3.63, 3.8) is 0 Å². The first-order chi connectivity index (χ1) is 14.5. The van der Waals surface area contributed by atoms with Crippen molar-refractivity contribution >= 4 is 49.6 Å². The molecule has 10 heteroatoms. The SMILES string of the molecule is O=S(=O)(CCNc1nc(C2=CCNCC2)nc2cnc(Cl)cc12)Nc1ccccc1. The van der Waals surface area contributed by atoms with E-state index >= 15 is 0 Å². The number of nitrogens with zero attached hydrogens (tertiary/aromatic N) is 3. The molecule has 0 spiro atoms. The van der Waals surface area contributed by atoms with Gasteiger partial charge in [0, 0.05) is 24.2 Å². The molecule has 4 rings (SSSR count). The van der Waals surface area contributed by atoms with Crippen LogP contribution in [-0.2, 0) is 10.0 Å². The average Bonchev–Trinajstić information content (AvgIpc) is 2.74. The number of hydrogen-bond acceptors (Lipinski definition) is 7. The third kappa shape index (κ3) is 5.05. The fraction of sp³-hybridized carbons (Fsp3) is 0.250. The molecule has 0 amide bonds. The number of sulfonamides is 1. The third-order valence-electron chi connectivity index (χ3n) is 4.61. The second kappa shape index (κ2) is 8.95. The first kappa shape index (κ1) is 20.5. The van der Waals surface area contributed by atoms with Crippen molar-refractivity contribution in [2.75, 3.05) is 35.4 Å². The molecule has 0 aliphatic carbocycles. The Balaban J connectivity index is 1.55. The second-order valence-electron chi connectivity index (χ2n) is 6.82. The first-order valence-electron chi connectivity index (χ1n) is 9.53. The molecule has 0 unspecified atom stereocenters. The van der Waals surface area contributed by atoms with Gasteiger partial charge in [0.25, 0.3) is 0 Å². The van der Waals surface area contributed by atoms with Crippen LogP contribution >= 0.6 is 11.6 Å². The van der Waals surface area contributed by atoms with Gasteiger partial charge < -0.3 is 10.6 Å². The Hall–Kier alpha value is -2.75. The third-order valence-corrected chi connectivity index (χ3v) is 6.11. The number of anilines is 2. The highest BCUT2D eigenvalue weighted by molar-refractivity contribution is 7.92. The van der Waals surface area contributed by atoms with Gasteiger partial charge in [0.2, 0.25) is 10.0 Å². The van der Waals surface area contributed by atoms with E-state index in [1.807, 2.05) is 6.07 Å². The molecule has 3 aromatic rings. The van der Waals surface area contributed by atoms with Crippen molar-refractivity contribution in [2.45, 2.75) is 6.42 Å². The van der Waals surface area contributed by atoms with Crippen LogP contribution in [-0.4, -0.2) is 48.8 Å². The number of fused-ring (bicyclic) bond motifs is 1. The molecule has 0 radical (unpaired) electrons. The lowest BCUT2D eigenvalue weighted by Gasteiger charge is -2.16. The van der Waals surface area contributed by atoms with Crippen molar-refractivity contribution < 1.29 is 8.42 Å². The summed E-state index contributed by atoms with van der Waals surface area (Å²) in [6.07, 6.45) is 4.48. The summed E-state index contributed by atoms with van der Waals surface area (Å²) in [7, 11) is -3.51. The van der Waals surface area contributed by atoms with Crippen LogP contribution in [0.3, 0.4) is 0 Å². The Labute approximate surface area is 179 Å². The van der Waals surface area contributed by atoms with E-state index in [9.17, 15) is 8.42 Å². The van der Waals surface area contributed by atoms with Crippen molar-refractivity contribution in [1.29, 1.82) is 0 Å². The van der Waals surface area contributed by atoms with Gasteiger partial charge in [0.15, 0.2) is 5.82 Å². The lowest BCUT2D eigenvalue weighted by atomic mass is 10.1. The number of para-hydroxylation sites is 1. The van der Waals surface area contributed by atoms with Crippen molar-refractivity contribution in [1.82, 2.24) is 20.3 Å². The fourth-order valence-corrected chi connectivity index (χ4v) is 4.28. The molecule has 0 saturated carbocycles. The summed E-state index contributed by atoms with van der Waals surface area (Å²) in [4.78, 5) is 13.4. The first-order valence-corrected chi connectivity index (χ1v) is 11.6. The van der Waals surface area contributed by atoms with Crippen LogP contribution in [0.5, 0.6) is 0 Å². The van der Waals surface area contributed by atoms with Gasteiger partial charge in [0.1, 0.15) is 11.0 Å². The molecule has 156 valence electrons. The zero-order chi connectivity index (χ0) is 21.0. The zero-order valence-electron chi connectivity index (χ0n) is 16.1. The Morgan fingerprint density at radius 3 is 2.77 bits per heavy atom. The topological polar surface area (TPSA) is 109 Å². The monoisotopic (exact) mass is 444 g/mol. The Bertz CT molecular complexity index is 1180. The lowest BCUT2D eigenvalue weighted by molar-refractivity contribution is 0.601. The molecule has 8 nitrogen and oxygen atoms in total. The summed E-state index contributed by atoms with van der Waals surface area (Å²) >= 11 is 6.06. The van der Waals surface area contributed by atoms with Gasteiger partial charge in [-0.1, -0.05) is 35.9 Å². The molecule has 30 heavy (non-hydrogen) atoms. The summed E-state index contributed by atoms with van der Waals surface area (Å²) < 4.78 is 27.3. The quantitative estimate of drug-likeness (QED) is 0.480. The fourth-order valence-electron chi connectivity index (χ4n) is 3.15. The second-order valence-corrected chi connectivity index (χ2v) is 9.05. The molecule has 3 N–H and O–H groups in total. The van der Waals surface area contributed by atoms with Crippen LogP contribution in [0, 0.1) is 0 Å². The summed E-state index contributed by atoms with van der Waals surface area (Å²) in [5, 5.41) is 7.42. The van der Waals surface area contributed by atoms with Crippen LogP contribution in [0.2, 0.25) is 5.15 Å². The lowest BCUT2D eigenvalue weighted by Crippen LogP contribution is -2.23. The normalized spacial score (nSPS) is 14.4. The number of rotatable bonds is 7. The summed E-state index contributed by atoms with van der Waals surface area (Å²) in [5.41, 5.74) is 2.23. The minimum Gasteiger partial charge on any atom is -0.368 e. The van der Waals surface area contributed by atoms with E-state index < -0.39 is 10.0 Å². The highest BCUT2D eigenvalue weighted by Crippen LogP contribution is 2.26. The van der Waals surface area contributed by atoms with E-state index in [-0.39, 0.29) is 12.3 Å². The number of pyridine rings is 1. The van der Waals surface area contributed by atoms with Gasteiger partial charge in [-0.2, -0.15) is 0 Å². The zero-order valence-corrected chi connectivity index (χ0v) is 17.7. The highest BCUT2D eigenvalue weighted by Gasteiger charge is 2.15. The van der Waals surface area contributed by atoms with E-state index in [2.05, 4.69) is 36.4 Å². The molecule has 0 bridgehead atoms. The molecule has 0 fully saturated rings. The van der Waals surface area contributed by atoms with E-state index in [0.717, 1.165) is 25.1 Å². The molecule has 1 aliphatic heterocycles. The largest absolute Gasteiger partial charge is 0.368 e. The maximum atomic E-state index is 12.4. The number of benzene rings is 1. The molecule has 0 saturated heterocycles. The van der Waals surface area contributed by atoms with Crippen molar-refractivity contribution in [3.05, 3.63) is 59.6 Å². The summed E-state index contributed by atoms with van der Waals surface area (Å²) in [6, 6.07) is 10.5. The van der Waals surface area contributed by atoms with Crippen LogP contribution in [0.25, 0.3) is 16.5 Å². The predicted molar refractivity (Wildman–Crippen MR) is 120 cm³/mol. The minimum absolute atomic E-state index is 0.117. The molecule has 0 atom stereocenters. The Kier molecular flexibility index (Phi) is 6.12. The molecule has 1 aromatic carbocycles. The summed E-state index contributed by atoms with van der Waals surface area (Å²) in [5.74, 6) is 1.03. The Morgan fingerprint density at radius 1 is 1.17 bits per heavy atom. The van der Waals surface area contributed by atoms with Gasteiger partial charge in [-0.15, -0.1) is 0 Å². The minimum atomic E-state index is -3.51. The molecular formula is C20H21ClN6O2S. The maximum absolute atomic E-state index is 12.4. The van der Waals surface area contributed by atoms with E-state index in [0.29, 0.717) is 33.4 Å². The molecule has 2 aromatic heterocycles. The van der Waals surface area contributed by atoms with Gasteiger partial charge in [-0.3, -0.25) is 4.72 Å². The number of nitrogens with one attached hydrogen (secondary N) is 3. The highest BCUT2D eigenvalue weighted by atomic mass is 35.5. The van der Waals surface area contributed by atoms with E-state index in [1.54, 1.807) is 36.5 Å². The standard InChI is InChI=1S/C20H21ClN6O2S/c21-18-12-16-17(13-24-18)25-19(14-6-8-22-9-7-14)26-20(16)23-10-11-30(28,29)27-15-4-2-1-3-5-15/h1-6,12-13,22,27H,7-11H2,(H,23,25,26). The smallest absolute Gasteiger partial charge is 0.234 e. The molecule has 3 heterocycles. The molecular weight excluding hydrogens is 424 g/mol. The van der Waals surface area contributed by atoms with Crippen LogP contribution in [0.15, 0.2) is 48.7 Å². The number of halogens is 1. The van der Waals surface area contributed by atoms with Crippen LogP contribution in [0.4, 0.5) is 11.5 Å². The van der Waals surface area contributed by atoms with E-state index in [4.69, 9.17) is 11.6 Å². The summed E-state index contributed by atoms with van der Waals surface area (Å²) in [6.45, 7) is 1.80. The van der Waals surface area contributed by atoms with Crippen molar-refractivity contribution in [2.24, 2.45) is 0 Å². The maximum Gasteiger partial charge on any atom is 0.234 e. The van der Waals surface area contributed by atoms with Gasteiger partial charge >= 0.3 is 0 Å². The predicted octanol–water partition coefficient (Wildman–Crippen LogP) is 2.91. The molecule has 1 aliphatic rings. The van der Waals surface area contributed by atoms with Crippen LogP contribution < -0.4 is 15.4 Å². The Morgan fingerprint density at radius 2 is 2.00 bits per heavy atom.